The Balaban J connectivity index is 1.57. The van der Waals surface area contributed by atoms with Gasteiger partial charge in [-0.15, -0.1) is 0 Å². The molecule has 0 bridgehead atoms. The highest BCUT2D eigenvalue weighted by molar-refractivity contribution is 6.51. The summed E-state index contributed by atoms with van der Waals surface area (Å²) < 4.78 is 16.7. The van der Waals surface area contributed by atoms with Gasteiger partial charge in [0.15, 0.2) is 11.5 Å². The van der Waals surface area contributed by atoms with Gasteiger partial charge in [0.25, 0.3) is 11.7 Å². The molecule has 0 spiro atoms. The van der Waals surface area contributed by atoms with E-state index in [2.05, 4.69) is 4.98 Å². The number of rotatable bonds is 3. The van der Waals surface area contributed by atoms with Gasteiger partial charge in [-0.25, -0.2) is 0 Å². The fraction of sp³-hybridized carbons (Fsp3) is 0.120. The third-order valence-corrected chi connectivity index (χ3v) is 5.95. The predicted octanol–water partition coefficient (Wildman–Crippen LogP) is 4.42. The molecule has 0 saturated carbocycles. The monoisotopic (exact) mass is 442 g/mol. The van der Waals surface area contributed by atoms with Gasteiger partial charge in [0.05, 0.1) is 5.57 Å². The first-order chi connectivity index (χ1) is 16.0. The summed E-state index contributed by atoms with van der Waals surface area (Å²) in [5, 5.41) is 12.1. The number of nitrogens with one attached hydrogen (secondary N) is 1. The van der Waals surface area contributed by atoms with Gasteiger partial charge in [-0.2, -0.15) is 0 Å². The van der Waals surface area contributed by atoms with Crippen LogP contribution in [0.15, 0.2) is 70.8 Å². The minimum atomic E-state index is -0.951. The van der Waals surface area contributed by atoms with Crippen molar-refractivity contribution in [2.75, 3.05) is 11.7 Å². The molecule has 2 aromatic carbocycles. The molecule has 2 aliphatic rings. The van der Waals surface area contributed by atoms with Crippen molar-refractivity contribution in [3.05, 3.63) is 83.5 Å². The minimum absolute atomic E-state index is 0.0447. The maximum absolute atomic E-state index is 13.3. The van der Waals surface area contributed by atoms with Crippen LogP contribution in [-0.2, 0) is 9.59 Å². The van der Waals surface area contributed by atoms with Crippen LogP contribution in [0.2, 0.25) is 0 Å². The van der Waals surface area contributed by atoms with E-state index in [9.17, 15) is 14.7 Å². The van der Waals surface area contributed by atoms with E-state index in [0.29, 0.717) is 34.3 Å². The summed E-state index contributed by atoms with van der Waals surface area (Å²) in [5.41, 5.74) is 1.62. The molecule has 1 saturated heterocycles. The molecular formula is C25H18N2O6. The Kier molecular flexibility index (Phi) is 4.10. The number of aromatic amines is 1. The summed E-state index contributed by atoms with van der Waals surface area (Å²) in [6, 6.07) is 14.9. The number of nitrogens with zero attached hydrogens (tertiary/aromatic N) is 1. The number of ether oxygens (including phenoxy) is 2. The van der Waals surface area contributed by atoms with Gasteiger partial charge < -0.3 is 24.0 Å². The number of furan rings is 1. The molecule has 2 N–H and O–H groups in total. The van der Waals surface area contributed by atoms with Crippen molar-refractivity contribution >= 4 is 34.0 Å². The van der Waals surface area contributed by atoms with Gasteiger partial charge in [0.1, 0.15) is 23.3 Å². The molecule has 2 aromatic heterocycles. The zero-order chi connectivity index (χ0) is 22.7. The summed E-state index contributed by atoms with van der Waals surface area (Å²) in [5.74, 6) is 0.177. The number of benzene rings is 2. The molecule has 0 aliphatic carbocycles. The standard InChI is InChI=1S/C25H18N2O6/c1-13-6-8-19(33-13)22-21(23(28)16-11-26-17-5-3-2-4-15(16)17)24(29)25(30)27(22)14-7-9-18-20(10-14)32-12-31-18/h2-11,22,26,28H,12H2,1H3/b23-21-. The smallest absolute Gasteiger partial charge is 0.300 e. The Morgan fingerprint density at radius 2 is 1.88 bits per heavy atom. The third kappa shape index (κ3) is 2.84. The van der Waals surface area contributed by atoms with E-state index in [0.717, 1.165) is 10.9 Å². The van der Waals surface area contributed by atoms with E-state index in [1.807, 2.05) is 24.3 Å². The number of fused-ring (bicyclic) bond motifs is 2. The van der Waals surface area contributed by atoms with Crippen molar-refractivity contribution in [2.24, 2.45) is 0 Å². The molecule has 8 nitrogen and oxygen atoms in total. The first-order valence-electron chi connectivity index (χ1n) is 10.4. The SMILES string of the molecule is Cc1ccc(C2/C(=C(/O)c3c[nH]c4ccccc34)C(=O)C(=O)N2c2ccc3c(c2)OCO3)o1. The number of Topliss-reactive ketones (excluding diaryl/α,β-unsaturated/α-hetero) is 1. The Morgan fingerprint density at radius 1 is 1.06 bits per heavy atom. The van der Waals surface area contributed by atoms with E-state index in [1.54, 1.807) is 43.5 Å². The van der Waals surface area contributed by atoms with Crippen LogP contribution in [0.1, 0.15) is 23.1 Å². The fourth-order valence-electron chi connectivity index (χ4n) is 4.42. The number of carbonyl (C=O) groups excluding carboxylic acids is 2. The Hall–Kier alpha value is -4.46. The number of ketones is 1. The number of aromatic nitrogens is 1. The molecule has 4 heterocycles. The molecule has 1 amide bonds. The van der Waals surface area contributed by atoms with Gasteiger partial charge in [-0.05, 0) is 37.3 Å². The maximum Gasteiger partial charge on any atom is 0.300 e. The summed E-state index contributed by atoms with van der Waals surface area (Å²) in [4.78, 5) is 30.9. The zero-order valence-corrected chi connectivity index (χ0v) is 17.5. The number of carbonyl (C=O) groups is 2. The molecular weight excluding hydrogens is 424 g/mol. The van der Waals surface area contributed by atoms with Crippen LogP contribution >= 0.6 is 0 Å². The number of para-hydroxylation sites is 1. The highest BCUT2D eigenvalue weighted by atomic mass is 16.7. The lowest BCUT2D eigenvalue weighted by Gasteiger charge is -2.23. The number of aliphatic hydroxyl groups excluding tert-OH is 1. The zero-order valence-electron chi connectivity index (χ0n) is 17.5. The number of H-pyrrole nitrogens is 1. The van der Waals surface area contributed by atoms with Crippen LogP contribution in [0.4, 0.5) is 5.69 Å². The number of hydrogen-bond donors (Lipinski definition) is 2. The largest absolute Gasteiger partial charge is 0.507 e. The number of anilines is 1. The van der Waals surface area contributed by atoms with E-state index in [4.69, 9.17) is 13.9 Å². The number of hydrogen-bond acceptors (Lipinski definition) is 6. The van der Waals surface area contributed by atoms with Crippen LogP contribution < -0.4 is 14.4 Å². The number of amides is 1. The third-order valence-electron chi connectivity index (χ3n) is 5.95. The van der Waals surface area contributed by atoms with Crippen LogP contribution in [-0.4, -0.2) is 28.6 Å². The Labute approximate surface area is 187 Å². The lowest BCUT2D eigenvalue weighted by molar-refractivity contribution is -0.132. The summed E-state index contributed by atoms with van der Waals surface area (Å²) in [6.45, 7) is 1.86. The quantitative estimate of drug-likeness (QED) is 0.276. The second kappa shape index (κ2) is 7.03. The van der Waals surface area contributed by atoms with Crippen LogP contribution in [0.5, 0.6) is 11.5 Å². The lowest BCUT2D eigenvalue weighted by atomic mass is 9.99. The van der Waals surface area contributed by atoms with Crippen LogP contribution in [0, 0.1) is 6.92 Å². The highest BCUT2D eigenvalue weighted by Gasteiger charge is 2.48. The first kappa shape index (κ1) is 19.2. The molecule has 0 radical (unpaired) electrons. The summed E-state index contributed by atoms with van der Waals surface area (Å²) >= 11 is 0. The number of aliphatic hydroxyl groups is 1. The molecule has 164 valence electrons. The average Bonchev–Trinajstić information content (AvgIpc) is 3.59. The Morgan fingerprint density at radius 3 is 2.70 bits per heavy atom. The predicted molar refractivity (Wildman–Crippen MR) is 119 cm³/mol. The van der Waals surface area contributed by atoms with Gasteiger partial charge in [0, 0.05) is 34.4 Å². The molecule has 6 rings (SSSR count). The summed E-state index contributed by atoms with van der Waals surface area (Å²) in [6.07, 6.45) is 1.62. The molecule has 2 aliphatic heterocycles. The molecule has 1 unspecified atom stereocenters. The van der Waals surface area contributed by atoms with Crippen molar-refractivity contribution in [3.63, 3.8) is 0 Å². The van der Waals surface area contributed by atoms with E-state index in [-0.39, 0.29) is 18.1 Å². The van der Waals surface area contributed by atoms with Gasteiger partial charge >= 0.3 is 0 Å². The van der Waals surface area contributed by atoms with Crippen molar-refractivity contribution in [3.8, 4) is 11.5 Å². The minimum Gasteiger partial charge on any atom is -0.507 e. The van der Waals surface area contributed by atoms with Crippen molar-refractivity contribution in [1.82, 2.24) is 4.98 Å². The molecule has 8 heteroatoms. The Bertz CT molecular complexity index is 1480. The topological polar surface area (TPSA) is 105 Å². The lowest BCUT2D eigenvalue weighted by Crippen LogP contribution is -2.29. The molecule has 1 fully saturated rings. The summed E-state index contributed by atoms with van der Waals surface area (Å²) in [7, 11) is 0. The van der Waals surface area contributed by atoms with E-state index >= 15 is 0 Å². The van der Waals surface area contributed by atoms with Gasteiger partial charge in [-0.3, -0.25) is 14.5 Å². The van der Waals surface area contributed by atoms with Crippen molar-refractivity contribution < 1.29 is 28.6 Å². The first-order valence-corrected chi connectivity index (χ1v) is 10.4. The second-order valence-corrected chi connectivity index (χ2v) is 7.90. The fourth-order valence-corrected chi connectivity index (χ4v) is 4.42. The normalized spacial score (nSPS) is 19.1. The van der Waals surface area contributed by atoms with E-state index in [1.165, 1.54) is 4.90 Å². The van der Waals surface area contributed by atoms with Gasteiger partial charge in [-0.1, -0.05) is 18.2 Å². The molecule has 4 aromatic rings. The van der Waals surface area contributed by atoms with Crippen molar-refractivity contribution in [2.45, 2.75) is 13.0 Å². The second-order valence-electron chi connectivity index (χ2n) is 7.90. The van der Waals surface area contributed by atoms with Crippen LogP contribution in [0.25, 0.3) is 16.7 Å². The average molecular weight is 442 g/mol. The van der Waals surface area contributed by atoms with Crippen molar-refractivity contribution in [1.29, 1.82) is 0 Å². The molecule has 1 atom stereocenters. The van der Waals surface area contributed by atoms with Gasteiger partial charge in [0.2, 0.25) is 6.79 Å². The molecule has 33 heavy (non-hydrogen) atoms. The van der Waals surface area contributed by atoms with Crippen LogP contribution in [0.3, 0.4) is 0 Å². The number of aryl methyl sites for hydroxylation is 1. The van der Waals surface area contributed by atoms with E-state index < -0.39 is 17.7 Å². The maximum atomic E-state index is 13.3. The highest BCUT2D eigenvalue weighted by Crippen LogP contribution is 2.45.